The first-order valence-corrected chi connectivity index (χ1v) is 5.60. The van der Waals surface area contributed by atoms with Crippen molar-refractivity contribution < 1.29 is 4.74 Å². The molecule has 0 unspecified atom stereocenters. The minimum Gasteiger partial charge on any atom is -0.494 e. The van der Waals surface area contributed by atoms with E-state index in [0.29, 0.717) is 6.61 Å². The zero-order valence-electron chi connectivity index (χ0n) is 9.23. The third kappa shape index (κ3) is 1.38. The van der Waals surface area contributed by atoms with Gasteiger partial charge in [-0.15, -0.1) is 0 Å². The summed E-state index contributed by atoms with van der Waals surface area (Å²) in [5.74, 6) is 0.924. The summed E-state index contributed by atoms with van der Waals surface area (Å²) < 4.78 is 5.51. The van der Waals surface area contributed by atoms with Crippen LogP contribution in [0.4, 0.5) is 5.69 Å². The maximum absolute atomic E-state index is 5.51. The van der Waals surface area contributed by atoms with Crippen LogP contribution in [-0.4, -0.2) is 12.3 Å². The Bertz CT molecular complexity index is 524. The summed E-state index contributed by atoms with van der Waals surface area (Å²) in [5, 5.41) is 0. The molecule has 2 aliphatic rings. The summed E-state index contributed by atoms with van der Waals surface area (Å²) in [6, 6.07) is 6.10. The van der Waals surface area contributed by atoms with Crippen LogP contribution < -0.4 is 4.74 Å². The lowest BCUT2D eigenvalue weighted by molar-refractivity contribution is 0.340. The van der Waals surface area contributed by atoms with E-state index in [1.165, 1.54) is 16.8 Å². The third-order valence-electron chi connectivity index (χ3n) is 2.85. The molecule has 0 spiro atoms. The van der Waals surface area contributed by atoms with Gasteiger partial charge in [0.2, 0.25) is 0 Å². The smallest absolute Gasteiger partial charge is 0.120 e. The second-order valence-corrected chi connectivity index (χ2v) is 3.88. The normalized spacial score (nSPS) is 16.3. The Balaban J connectivity index is 2.07. The molecule has 0 amide bonds. The highest BCUT2D eigenvalue weighted by Crippen LogP contribution is 2.39. The summed E-state index contributed by atoms with van der Waals surface area (Å²) in [7, 11) is 0. The topological polar surface area (TPSA) is 21.6 Å². The lowest BCUT2D eigenvalue weighted by atomic mass is 9.97. The van der Waals surface area contributed by atoms with Gasteiger partial charge in [-0.25, -0.2) is 0 Å². The zero-order valence-corrected chi connectivity index (χ0v) is 9.23. The molecule has 0 bridgehead atoms. The quantitative estimate of drug-likeness (QED) is 0.733. The van der Waals surface area contributed by atoms with Crippen LogP contribution in [0.2, 0.25) is 0 Å². The first-order chi connectivity index (χ1) is 7.88. The first kappa shape index (κ1) is 9.40. The van der Waals surface area contributed by atoms with Crippen molar-refractivity contribution in [2.45, 2.75) is 13.3 Å². The van der Waals surface area contributed by atoms with Crippen LogP contribution >= 0.6 is 0 Å². The number of hydrogen-bond acceptors (Lipinski definition) is 2. The van der Waals surface area contributed by atoms with Gasteiger partial charge in [0, 0.05) is 17.6 Å². The van der Waals surface area contributed by atoms with E-state index >= 15 is 0 Å². The van der Waals surface area contributed by atoms with Crippen molar-refractivity contribution in [2.75, 3.05) is 6.61 Å². The van der Waals surface area contributed by atoms with Crippen LogP contribution in [0.5, 0.6) is 5.75 Å². The molecule has 0 atom stereocenters. The Labute approximate surface area is 95.0 Å². The van der Waals surface area contributed by atoms with E-state index < -0.39 is 0 Å². The highest BCUT2D eigenvalue weighted by atomic mass is 16.5. The molecule has 0 fully saturated rings. The summed E-state index contributed by atoms with van der Waals surface area (Å²) in [6.45, 7) is 2.70. The summed E-state index contributed by atoms with van der Waals surface area (Å²) in [4.78, 5) is 4.62. The van der Waals surface area contributed by atoms with Crippen molar-refractivity contribution in [3.05, 3.63) is 42.0 Å². The number of fused-ring (bicyclic) bond motifs is 3. The Morgan fingerprint density at radius 3 is 3.19 bits per heavy atom. The third-order valence-corrected chi connectivity index (χ3v) is 2.85. The molecule has 0 radical (unpaired) electrons. The largest absolute Gasteiger partial charge is 0.494 e. The molecule has 1 heterocycles. The lowest BCUT2D eigenvalue weighted by Gasteiger charge is -2.08. The monoisotopic (exact) mass is 211 g/mol. The minimum atomic E-state index is 0.700. The fourth-order valence-electron chi connectivity index (χ4n) is 2.13. The average Bonchev–Trinajstić information content (AvgIpc) is 2.68. The van der Waals surface area contributed by atoms with Gasteiger partial charge in [-0.1, -0.05) is 18.2 Å². The molecule has 1 aliphatic carbocycles. The van der Waals surface area contributed by atoms with Crippen LogP contribution in [-0.2, 0) is 0 Å². The van der Waals surface area contributed by atoms with Crippen molar-refractivity contribution in [3.63, 3.8) is 0 Å². The molecule has 80 valence electrons. The van der Waals surface area contributed by atoms with Gasteiger partial charge in [0.25, 0.3) is 0 Å². The van der Waals surface area contributed by atoms with Crippen molar-refractivity contribution in [1.82, 2.24) is 0 Å². The predicted octanol–water partition coefficient (Wildman–Crippen LogP) is 3.51. The second kappa shape index (κ2) is 3.63. The predicted molar refractivity (Wildman–Crippen MR) is 66.4 cm³/mol. The van der Waals surface area contributed by atoms with Gasteiger partial charge in [0.1, 0.15) is 5.75 Å². The molecule has 0 saturated heterocycles. The number of ether oxygens (including phenoxy) is 1. The number of nitrogens with zero attached hydrogens (tertiary/aromatic N) is 1. The molecular formula is C14H13NO. The van der Waals surface area contributed by atoms with E-state index in [4.69, 9.17) is 4.74 Å². The Hall–Kier alpha value is -1.83. The van der Waals surface area contributed by atoms with Gasteiger partial charge in [0.05, 0.1) is 18.0 Å². The molecule has 0 aromatic heterocycles. The summed E-state index contributed by atoms with van der Waals surface area (Å²) in [5.41, 5.74) is 4.68. The highest BCUT2D eigenvalue weighted by Gasteiger charge is 2.21. The molecule has 3 rings (SSSR count). The molecule has 0 saturated carbocycles. The SMILES string of the molecule is CCOc1ccc2c(c1)C1=CC=CCC1=N2. The minimum absolute atomic E-state index is 0.700. The van der Waals surface area contributed by atoms with Gasteiger partial charge in [-0.2, -0.15) is 0 Å². The maximum atomic E-state index is 5.51. The molecule has 16 heavy (non-hydrogen) atoms. The Morgan fingerprint density at radius 2 is 2.31 bits per heavy atom. The Kier molecular flexibility index (Phi) is 2.13. The summed E-state index contributed by atoms with van der Waals surface area (Å²) >= 11 is 0. The fourth-order valence-corrected chi connectivity index (χ4v) is 2.13. The molecule has 0 N–H and O–H groups in total. The Morgan fingerprint density at radius 1 is 1.38 bits per heavy atom. The number of rotatable bonds is 2. The lowest BCUT2D eigenvalue weighted by Crippen LogP contribution is -1.98. The van der Waals surface area contributed by atoms with Crippen molar-refractivity contribution in [3.8, 4) is 5.75 Å². The molecular weight excluding hydrogens is 198 g/mol. The first-order valence-electron chi connectivity index (χ1n) is 5.60. The van der Waals surface area contributed by atoms with E-state index in [9.17, 15) is 0 Å². The van der Waals surface area contributed by atoms with Gasteiger partial charge in [-0.05, 0) is 25.1 Å². The van der Waals surface area contributed by atoms with Gasteiger partial charge in [-0.3, -0.25) is 4.99 Å². The van der Waals surface area contributed by atoms with E-state index in [0.717, 1.165) is 17.9 Å². The highest BCUT2D eigenvalue weighted by molar-refractivity contribution is 6.30. The van der Waals surface area contributed by atoms with Crippen LogP contribution in [0.1, 0.15) is 18.9 Å². The number of allylic oxidation sites excluding steroid dienone is 4. The molecule has 1 aliphatic heterocycles. The zero-order chi connectivity index (χ0) is 11.0. The summed E-state index contributed by atoms with van der Waals surface area (Å²) in [6.07, 6.45) is 7.29. The molecule has 2 nitrogen and oxygen atoms in total. The van der Waals surface area contributed by atoms with Gasteiger partial charge >= 0.3 is 0 Å². The van der Waals surface area contributed by atoms with E-state index in [2.05, 4.69) is 29.3 Å². The average molecular weight is 211 g/mol. The van der Waals surface area contributed by atoms with E-state index in [-0.39, 0.29) is 0 Å². The molecule has 2 heteroatoms. The van der Waals surface area contributed by atoms with Crippen LogP contribution in [0.15, 0.2) is 41.4 Å². The van der Waals surface area contributed by atoms with Gasteiger partial charge in [0.15, 0.2) is 0 Å². The molecule has 1 aromatic carbocycles. The van der Waals surface area contributed by atoms with Crippen molar-refractivity contribution in [1.29, 1.82) is 0 Å². The fraction of sp³-hybridized carbons (Fsp3) is 0.214. The van der Waals surface area contributed by atoms with Crippen molar-refractivity contribution >= 4 is 17.0 Å². The molecule has 1 aromatic rings. The van der Waals surface area contributed by atoms with Gasteiger partial charge < -0.3 is 4.74 Å². The van der Waals surface area contributed by atoms with E-state index in [1.807, 2.05) is 19.1 Å². The second-order valence-electron chi connectivity index (χ2n) is 3.88. The number of hydrogen-bond donors (Lipinski definition) is 0. The van der Waals surface area contributed by atoms with Crippen LogP contribution in [0.25, 0.3) is 5.57 Å². The van der Waals surface area contributed by atoms with Crippen LogP contribution in [0, 0.1) is 0 Å². The maximum Gasteiger partial charge on any atom is 0.120 e. The van der Waals surface area contributed by atoms with Crippen LogP contribution in [0.3, 0.4) is 0 Å². The number of aliphatic imine (C=N–C) groups is 1. The number of benzene rings is 1. The standard InChI is InChI=1S/C14H13NO/c1-2-16-10-7-8-14-12(9-10)11-5-3-4-6-13(11)15-14/h3-5,7-9H,2,6H2,1H3. The van der Waals surface area contributed by atoms with Crippen molar-refractivity contribution in [2.24, 2.45) is 4.99 Å². The van der Waals surface area contributed by atoms with E-state index in [1.54, 1.807) is 0 Å².